The molecule has 0 saturated carbocycles. The molecule has 0 aliphatic rings. The molecular formula is C21H27Cl2NO3. The van der Waals surface area contributed by atoms with E-state index in [-0.39, 0.29) is 24.8 Å². The van der Waals surface area contributed by atoms with Crippen molar-refractivity contribution >= 4 is 29.8 Å². The number of carbonyl (C=O) groups excluding carboxylic acids is 1. The van der Waals surface area contributed by atoms with Gasteiger partial charge in [0, 0.05) is 23.6 Å². The molecule has 148 valence electrons. The fourth-order valence-corrected chi connectivity index (χ4v) is 2.84. The monoisotopic (exact) mass is 411 g/mol. The maximum absolute atomic E-state index is 12.9. The Morgan fingerprint density at radius 3 is 2.59 bits per heavy atom. The molecule has 2 N–H and O–H groups in total. The van der Waals surface area contributed by atoms with E-state index in [1.165, 1.54) is 0 Å². The summed E-state index contributed by atoms with van der Waals surface area (Å²) in [6, 6.07) is 16.5. The Morgan fingerprint density at radius 2 is 1.93 bits per heavy atom. The average Bonchev–Trinajstić information content (AvgIpc) is 2.65. The number of rotatable bonds is 11. The van der Waals surface area contributed by atoms with Crippen LogP contribution in [0.1, 0.15) is 29.3 Å². The van der Waals surface area contributed by atoms with Gasteiger partial charge in [-0.15, -0.1) is 12.4 Å². The van der Waals surface area contributed by atoms with Gasteiger partial charge in [0.1, 0.15) is 6.10 Å². The predicted octanol–water partition coefficient (Wildman–Crippen LogP) is 3.93. The average molecular weight is 412 g/mol. The number of nitrogens with one attached hydrogen (secondary N) is 1. The largest absolute Gasteiger partial charge is 0.389 e. The van der Waals surface area contributed by atoms with Gasteiger partial charge in [-0.1, -0.05) is 61.0 Å². The first-order chi connectivity index (χ1) is 12.6. The number of aliphatic hydroxyl groups is 1. The second kappa shape index (κ2) is 12.9. The lowest BCUT2D eigenvalue weighted by molar-refractivity contribution is -0.00162. The molecule has 0 heterocycles. The van der Waals surface area contributed by atoms with Crippen molar-refractivity contribution in [3.8, 4) is 0 Å². The molecule has 0 aliphatic heterocycles. The first-order valence-corrected chi connectivity index (χ1v) is 9.32. The van der Waals surface area contributed by atoms with Crippen LogP contribution in [0.15, 0.2) is 54.6 Å². The van der Waals surface area contributed by atoms with Gasteiger partial charge in [-0.05, 0) is 30.7 Å². The third kappa shape index (κ3) is 8.41. The Bertz CT molecular complexity index is 682. The lowest BCUT2D eigenvalue weighted by Crippen LogP contribution is -2.35. The zero-order valence-corrected chi connectivity index (χ0v) is 17.0. The summed E-state index contributed by atoms with van der Waals surface area (Å²) in [6.07, 6.45) is 0.0737. The quantitative estimate of drug-likeness (QED) is 0.434. The second-order valence-corrected chi connectivity index (χ2v) is 6.68. The molecule has 0 amide bonds. The number of benzene rings is 2. The van der Waals surface area contributed by atoms with Crippen LogP contribution in [0.5, 0.6) is 0 Å². The summed E-state index contributed by atoms with van der Waals surface area (Å²) in [5.74, 6) is -0.0979. The first-order valence-electron chi connectivity index (χ1n) is 8.94. The Balaban J connectivity index is 0.00000364. The van der Waals surface area contributed by atoms with Crippen LogP contribution in [-0.4, -0.2) is 42.8 Å². The third-order valence-corrected chi connectivity index (χ3v) is 4.19. The van der Waals surface area contributed by atoms with Crippen LogP contribution in [0.25, 0.3) is 0 Å². The van der Waals surface area contributed by atoms with E-state index in [1.54, 1.807) is 18.2 Å². The fourth-order valence-electron chi connectivity index (χ4n) is 2.63. The number of hydrogen-bond acceptors (Lipinski definition) is 4. The molecule has 0 saturated heterocycles. The van der Waals surface area contributed by atoms with E-state index >= 15 is 0 Å². The van der Waals surface area contributed by atoms with Crippen molar-refractivity contribution in [2.45, 2.75) is 32.0 Å². The van der Waals surface area contributed by atoms with E-state index in [0.717, 1.165) is 18.5 Å². The van der Waals surface area contributed by atoms with Gasteiger partial charge in [0.05, 0.1) is 12.7 Å². The van der Waals surface area contributed by atoms with Crippen molar-refractivity contribution in [2.75, 3.05) is 19.7 Å². The van der Waals surface area contributed by atoms with Crippen molar-refractivity contribution in [2.24, 2.45) is 0 Å². The predicted molar refractivity (Wildman–Crippen MR) is 112 cm³/mol. The molecule has 0 bridgehead atoms. The van der Waals surface area contributed by atoms with Gasteiger partial charge in [0.2, 0.25) is 0 Å². The highest BCUT2D eigenvalue weighted by Gasteiger charge is 2.22. The van der Waals surface area contributed by atoms with Crippen molar-refractivity contribution in [3.63, 3.8) is 0 Å². The maximum Gasteiger partial charge on any atom is 0.191 e. The zero-order chi connectivity index (χ0) is 18.8. The summed E-state index contributed by atoms with van der Waals surface area (Å²) >= 11 is 6.05. The fraction of sp³-hybridized carbons (Fsp3) is 0.381. The molecule has 6 heteroatoms. The van der Waals surface area contributed by atoms with Gasteiger partial charge >= 0.3 is 0 Å². The van der Waals surface area contributed by atoms with Crippen LogP contribution >= 0.6 is 24.0 Å². The molecule has 0 aliphatic carbocycles. The van der Waals surface area contributed by atoms with Crippen molar-refractivity contribution < 1.29 is 14.6 Å². The van der Waals surface area contributed by atoms with E-state index in [2.05, 4.69) is 12.2 Å². The van der Waals surface area contributed by atoms with Crippen LogP contribution in [0.4, 0.5) is 0 Å². The van der Waals surface area contributed by atoms with Gasteiger partial charge in [-0.3, -0.25) is 4.79 Å². The highest BCUT2D eigenvalue weighted by atomic mass is 35.5. The zero-order valence-electron chi connectivity index (χ0n) is 15.4. The highest BCUT2D eigenvalue weighted by Crippen LogP contribution is 2.16. The number of ether oxygens (including phenoxy) is 1. The second-order valence-electron chi connectivity index (χ2n) is 6.24. The molecule has 0 spiro atoms. The molecule has 0 aromatic heterocycles. The van der Waals surface area contributed by atoms with E-state index in [0.29, 0.717) is 23.6 Å². The number of hydrogen-bond donors (Lipinski definition) is 2. The Hall–Kier alpha value is -1.43. The molecule has 4 nitrogen and oxygen atoms in total. The SMILES string of the molecule is CCCNCC(O)COC(Cc1cccc(Cl)c1)C(=O)c1ccccc1.Cl. The smallest absolute Gasteiger partial charge is 0.191 e. The number of halogens is 2. The van der Waals surface area contributed by atoms with E-state index < -0.39 is 12.2 Å². The molecule has 2 rings (SSSR count). The van der Waals surface area contributed by atoms with Crippen LogP contribution in [0.3, 0.4) is 0 Å². The number of Topliss-reactive ketones (excluding diaryl/α,β-unsaturated/α-hetero) is 1. The molecule has 2 aromatic rings. The highest BCUT2D eigenvalue weighted by molar-refractivity contribution is 6.30. The molecular weight excluding hydrogens is 385 g/mol. The van der Waals surface area contributed by atoms with Gasteiger partial charge in [-0.2, -0.15) is 0 Å². The van der Waals surface area contributed by atoms with Gasteiger partial charge in [0.25, 0.3) is 0 Å². The minimum atomic E-state index is -0.670. The summed E-state index contributed by atoms with van der Waals surface area (Å²) < 4.78 is 5.81. The first kappa shape index (κ1) is 23.6. The van der Waals surface area contributed by atoms with E-state index in [4.69, 9.17) is 16.3 Å². The number of ketones is 1. The minimum absolute atomic E-state index is 0. The van der Waals surface area contributed by atoms with Gasteiger partial charge < -0.3 is 15.2 Å². The maximum atomic E-state index is 12.9. The summed E-state index contributed by atoms with van der Waals surface area (Å²) in [7, 11) is 0. The summed E-state index contributed by atoms with van der Waals surface area (Å²) in [6.45, 7) is 3.44. The number of carbonyl (C=O) groups is 1. The van der Waals surface area contributed by atoms with Gasteiger partial charge in [-0.25, -0.2) is 0 Å². The van der Waals surface area contributed by atoms with E-state index in [9.17, 15) is 9.90 Å². The van der Waals surface area contributed by atoms with Crippen molar-refractivity contribution in [1.82, 2.24) is 5.32 Å². The molecule has 0 fully saturated rings. The molecule has 2 unspecified atom stereocenters. The van der Waals surface area contributed by atoms with Crippen LogP contribution < -0.4 is 5.32 Å². The number of aliphatic hydroxyl groups excluding tert-OH is 1. The standard InChI is InChI=1S/C21H26ClNO3.ClH/c1-2-11-23-14-19(24)15-26-20(13-16-7-6-10-18(22)12-16)21(25)17-8-4-3-5-9-17;/h3-10,12,19-20,23-24H,2,11,13-15H2,1H3;1H. The Labute approximate surface area is 172 Å². The summed E-state index contributed by atoms with van der Waals surface area (Å²) in [5, 5.41) is 13.8. The lowest BCUT2D eigenvalue weighted by Gasteiger charge is -2.20. The normalized spacial score (nSPS) is 12.9. The minimum Gasteiger partial charge on any atom is -0.389 e. The van der Waals surface area contributed by atoms with Crippen molar-refractivity contribution in [1.29, 1.82) is 0 Å². The topological polar surface area (TPSA) is 58.6 Å². The van der Waals surface area contributed by atoms with Crippen LogP contribution in [-0.2, 0) is 11.2 Å². The van der Waals surface area contributed by atoms with Crippen LogP contribution in [0.2, 0.25) is 5.02 Å². The lowest BCUT2D eigenvalue weighted by atomic mass is 10.00. The van der Waals surface area contributed by atoms with E-state index in [1.807, 2.05) is 36.4 Å². The van der Waals surface area contributed by atoms with Crippen LogP contribution in [0, 0.1) is 0 Å². The summed E-state index contributed by atoms with van der Waals surface area (Å²) in [5.41, 5.74) is 1.52. The summed E-state index contributed by atoms with van der Waals surface area (Å²) in [4.78, 5) is 12.9. The Kier molecular flexibility index (Phi) is 11.3. The van der Waals surface area contributed by atoms with Gasteiger partial charge in [0.15, 0.2) is 5.78 Å². The molecule has 2 aromatic carbocycles. The molecule has 2 atom stereocenters. The molecule has 27 heavy (non-hydrogen) atoms. The third-order valence-electron chi connectivity index (χ3n) is 3.96. The molecule has 0 radical (unpaired) electrons. The Morgan fingerprint density at radius 1 is 1.19 bits per heavy atom. The van der Waals surface area contributed by atoms with Crippen molar-refractivity contribution in [3.05, 3.63) is 70.7 Å².